The smallest absolute Gasteiger partial charge is 0.305 e. The Labute approximate surface area is 108 Å². The van der Waals surface area contributed by atoms with Gasteiger partial charge in [-0.05, 0) is 12.5 Å². The van der Waals surface area contributed by atoms with Crippen molar-refractivity contribution < 1.29 is 18.8 Å². The van der Waals surface area contributed by atoms with Crippen LogP contribution in [-0.2, 0) is 4.79 Å². The summed E-state index contributed by atoms with van der Waals surface area (Å²) < 4.78 is 18.6. The van der Waals surface area contributed by atoms with Crippen molar-refractivity contribution in [1.82, 2.24) is 5.43 Å². The first-order valence-corrected chi connectivity index (χ1v) is 5.60. The molecule has 0 aliphatic heterocycles. The maximum atomic E-state index is 13.4. The molecule has 1 amide bonds. The van der Waals surface area contributed by atoms with Crippen LogP contribution < -0.4 is 16.0 Å². The van der Waals surface area contributed by atoms with Crippen molar-refractivity contribution in [1.29, 1.82) is 0 Å². The Morgan fingerprint density at radius 1 is 1.63 bits per heavy atom. The number of nitrogens with one attached hydrogen (secondary N) is 1. The van der Waals surface area contributed by atoms with Crippen LogP contribution >= 0.6 is 0 Å². The topological polar surface area (TPSA) is 107 Å². The van der Waals surface area contributed by atoms with Crippen LogP contribution in [0.2, 0.25) is 0 Å². The molecule has 0 spiro atoms. The predicted octanol–water partition coefficient (Wildman–Crippen LogP) is 1.27. The molecule has 0 saturated heterocycles. The standard InChI is InChI=1S/C11H14FN3O4/c1-2-3-10(11(16)14-13)19-7-4-5-9(15(17)18)8(12)6-7/h4-6,10H,2-3,13H2,1H3,(H,14,16). The minimum atomic E-state index is -1.02. The van der Waals surface area contributed by atoms with Crippen LogP contribution in [0.5, 0.6) is 5.75 Å². The van der Waals surface area contributed by atoms with Gasteiger partial charge >= 0.3 is 5.69 Å². The highest BCUT2D eigenvalue weighted by Gasteiger charge is 2.20. The zero-order valence-corrected chi connectivity index (χ0v) is 10.3. The molecule has 1 aromatic rings. The Morgan fingerprint density at radius 3 is 2.79 bits per heavy atom. The normalized spacial score (nSPS) is 11.7. The fraction of sp³-hybridized carbons (Fsp3) is 0.364. The summed E-state index contributed by atoms with van der Waals surface area (Å²) in [6.07, 6.45) is 0.186. The van der Waals surface area contributed by atoms with E-state index in [2.05, 4.69) is 0 Å². The lowest BCUT2D eigenvalue weighted by molar-refractivity contribution is -0.387. The van der Waals surface area contributed by atoms with Gasteiger partial charge in [0.05, 0.1) is 4.92 Å². The highest BCUT2D eigenvalue weighted by atomic mass is 19.1. The Bertz CT molecular complexity index is 481. The molecule has 0 aromatic heterocycles. The third-order valence-electron chi connectivity index (χ3n) is 2.38. The molecule has 0 heterocycles. The fourth-order valence-electron chi connectivity index (χ4n) is 1.47. The van der Waals surface area contributed by atoms with E-state index in [4.69, 9.17) is 10.6 Å². The van der Waals surface area contributed by atoms with Crippen LogP contribution in [0.25, 0.3) is 0 Å². The first-order chi connectivity index (χ1) is 8.99. The van der Waals surface area contributed by atoms with E-state index in [1.807, 2.05) is 12.3 Å². The van der Waals surface area contributed by atoms with Gasteiger partial charge in [0, 0.05) is 12.1 Å². The molecular weight excluding hydrogens is 257 g/mol. The monoisotopic (exact) mass is 271 g/mol. The Kier molecular flexibility index (Phi) is 5.19. The summed E-state index contributed by atoms with van der Waals surface area (Å²) >= 11 is 0. The van der Waals surface area contributed by atoms with E-state index in [9.17, 15) is 19.3 Å². The number of benzene rings is 1. The molecule has 1 aromatic carbocycles. The van der Waals surface area contributed by atoms with E-state index in [1.165, 1.54) is 6.07 Å². The molecule has 1 rings (SSSR count). The summed E-state index contributed by atoms with van der Waals surface area (Å²) in [5.41, 5.74) is 1.30. The van der Waals surface area contributed by atoms with Crippen molar-refractivity contribution in [2.45, 2.75) is 25.9 Å². The second-order valence-corrected chi connectivity index (χ2v) is 3.77. The predicted molar refractivity (Wildman–Crippen MR) is 64.7 cm³/mol. The van der Waals surface area contributed by atoms with E-state index < -0.39 is 28.4 Å². The number of ether oxygens (including phenoxy) is 1. The number of amides is 1. The molecule has 0 bridgehead atoms. The number of rotatable bonds is 6. The van der Waals surface area contributed by atoms with Crippen LogP contribution in [0, 0.1) is 15.9 Å². The lowest BCUT2D eigenvalue weighted by Gasteiger charge is -2.16. The summed E-state index contributed by atoms with van der Waals surface area (Å²) in [4.78, 5) is 21.0. The zero-order valence-electron chi connectivity index (χ0n) is 10.3. The minimum absolute atomic E-state index is 0.0325. The first-order valence-electron chi connectivity index (χ1n) is 5.60. The molecule has 0 aliphatic carbocycles. The summed E-state index contributed by atoms with van der Waals surface area (Å²) in [7, 11) is 0. The van der Waals surface area contributed by atoms with Crippen molar-refractivity contribution in [3.63, 3.8) is 0 Å². The maximum Gasteiger partial charge on any atom is 0.305 e. The van der Waals surface area contributed by atoms with E-state index in [0.717, 1.165) is 12.1 Å². The second kappa shape index (κ2) is 6.64. The van der Waals surface area contributed by atoms with Crippen LogP contribution in [0.15, 0.2) is 18.2 Å². The average molecular weight is 271 g/mol. The molecule has 104 valence electrons. The van der Waals surface area contributed by atoms with Crippen molar-refractivity contribution in [3.8, 4) is 5.75 Å². The Balaban J connectivity index is 2.88. The minimum Gasteiger partial charge on any atom is -0.480 e. The molecule has 8 heteroatoms. The first kappa shape index (κ1) is 14.8. The number of hydrogen-bond donors (Lipinski definition) is 2. The number of nitrogens with two attached hydrogens (primary N) is 1. The van der Waals surface area contributed by atoms with Gasteiger partial charge in [-0.15, -0.1) is 0 Å². The number of nitro groups is 1. The van der Waals surface area contributed by atoms with E-state index in [0.29, 0.717) is 12.8 Å². The summed E-state index contributed by atoms with van der Waals surface area (Å²) in [5, 5.41) is 10.5. The number of nitro benzene ring substituents is 1. The zero-order chi connectivity index (χ0) is 14.4. The van der Waals surface area contributed by atoms with E-state index in [1.54, 1.807) is 0 Å². The molecule has 0 fully saturated rings. The van der Waals surface area contributed by atoms with Gasteiger partial charge in [0.1, 0.15) is 5.75 Å². The van der Waals surface area contributed by atoms with Crippen LogP contribution in [0.4, 0.5) is 10.1 Å². The molecule has 1 atom stereocenters. The lowest BCUT2D eigenvalue weighted by atomic mass is 10.2. The van der Waals surface area contributed by atoms with Crippen LogP contribution in [-0.4, -0.2) is 16.9 Å². The van der Waals surface area contributed by atoms with Gasteiger partial charge in [-0.3, -0.25) is 20.3 Å². The highest BCUT2D eigenvalue weighted by Crippen LogP contribution is 2.23. The number of nitrogens with zero attached hydrogens (tertiary/aromatic N) is 1. The van der Waals surface area contributed by atoms with Gasteiger partial charge in [0.15, 0.2) is 6.10 Å². The second-order valence-electron chi connectivity index (χ2n) is 3.77. The Morgan fingerprint density at radius 2 is 2.32 bits per heavy atom. The van der Waals surface area contributed by atoms with Gasteiger partial charge in [-0.25, -0.2) is 5.84 Å². The molecule has 7 nitrogen and oxygen atoms in total. The van der Waals surface area contributed by atoms with Gasteiger partial charge in [-0.2, -0.15) is 4.39 Å². The van der Waals surface area contributed by atoms with Gasteiger partial charge in [0.2, 0.25) is 5.82 Å². The van der Waals surface area contributed by atoms with Crippen molar-refractivity contribution in [2.75, 3.05) is 0 Å². The third-order valence-corrected chi connectivity index (χ3v) is 2.38. The van der Waals surface area contributed by atoms with Gasteiger partial charge in [0.25, 0.3) is 5.91 Å². The van der Waals surface area contributed by atoms with E-state index >= 15 is 0 Å². The van der Waals surface area contributed by atoms with Crippen LogP contribution in [0.3, 0.4) is 0 Å². The van der Waals surface area contributed by atoms with Crippen molar-refractivity contribution >= 4 is 11.6 Å². The average Bonchev–Trinajstić information content (AvgIpc) is 2.37. The molecule has 0 aliphatic rings. The largest absolute Gasteiger partial charge is 0.480 e. The van der Waals surface area contributed by atoms with Crippen molar-refractivity contribution in [3.05, 3.63) is 34.1 Å². The summed E-state index contributed by atoms with van der Waals surface area (Å²) in [5.74, 6) is 3.48. The molecule has 1 unspecified atom stereocenters. The molecular formula is C11H14FN3O4. The van der Waals surface area contributed by atoms with Crippen LogP contribution in [0.1, 0.15) is 19.8 Å². The Hall–Kier alpha value is -2.22. The molecule has 0 saturated carbocycles. The highest BCUT2D eigenvalue weighted by molar-refractivity contribution is 5.80. The molecule has 0 radical (unpaired) electrons. The lowest BCUT2D eigenvalue weighted by Crippen LogP contribution is -2.42. The number of halogens is 1. The number of hydrogen-bond acceptors (Lipinski definition) is 5. The maximum absolute atomic E-state index is 13.4. The van der Waals surface area contributed by atoms with E-state index in [-0.39, 0.29) is 5.75 Å². The summed E-state index contributed by atoms with van der Waals surface area (Å²) in [6, 6.07) is 3.08. The third kappa shape index (κ3) is 3.88. The summed E-state index contributed by atoms with van der Waals surface area (Å²) in [6.45, 7) is 1.84. The molecule has 19 heavy (non-hydrogen) atoms. The molecule has 3 N–H and O–H groups in total. The van der Waals surface area contributed by atoms with Gasteiger partial charge in [-0.1, -0.05) is 13.3 Å². The number of carbonyl (C=O) groups excluding carboxylic acids is 1. The van der Waals surface area contributed by atoms with Gasteiger partial charge < -0.3 is 4.74 Å². The number of hydrazine groups is 1. The fourth-order valence-corrected chi connectivity index (χ4v) is 1.47. The quantitative estimate of drug-likeness (QED) is 0.350. The SMILES string of the molecule is CCCC(Oc1ccc([N+](=O)[O-])c(F)c1)C(=O)NN. The van der Waals surface area contributed by atoms with Crippen molar-refractivity contribution in [2.24, 2.45) is 5.84 Å². The number of carbonyl (C=O) groups is 1.